The number of rotatable bonds is 4. The average Bonchev–Trinajstić information content (AvgIpc) is 2.58. The molecule has 0 aliphatic carbocycles. The quantitative estimate of drug-likeness (QED) is 0.492. The summed E-state index contributed by atoms with van der Waals surface area (Å²) in [4.78, 5) is 0. The molecule has 1 rings (SSSR count). The Kier molecular flexibility index (Phi) is 4.40. The maximum absolute atomic E-state index is 12.5. The predicted octanol–water partition coefficient (Wildman–Crippen LogP) is 0.930. The highest BCUT2D eigenvalue weighted by Gasteiger charge is 2.60. The summed E-state index contributed by atoms with van der Waals surface area (Å²) in [5, 5.41) is 6.86. The number of nitrogens with zero attached hydrogens (tertiary/aromatic N) is 3. The molecule has 0 aliphatic rings. The molecule has 1 atom stereocenters. The summed E-state index contributed by atoms with van der Waals surface area (Å²) >= 11 is 0. The van der Waals surface area contributed by atoms with Crippen LogP contribution < -0.4 is 11.3 Å². The van der Waals surface area contributed by atoms with Crippen molar-refractivity contribution in [3.8, 4) is 0 Å². The minimum atomic E-state index is -5.46. The number of hydrazine groups is 1. The molecule has 0 saturated carbocycles. The molecule has 0 aliphatic heterocycles. The summed E-state index contributed by atoms with van der Waals surface area (Å²) in [7, 11) is 1.44. The zero-order valence-corrected chi connectivity index (χ0v) is 9.63. The van der Waals surface area contributed by atoms with E-state index in [0.717, 1.165) is 0 Å². The second-order valence-corrected chi connectivity index (χ2v) is 3.92. The first-order chi connectivity index (χ1) is 8.55. The van der Waals surface area contributed by atoms with Gasteiger partial charge in [0, 0.05) is 25.7 Å². The molecule has 0 fully saturated rings. The smallest absolute Gasteiger partial charge is 0.271 e. The van der Waals surface area contributed by atoms with E-state index >= 15 is 0 Å². The van der Waals surface area contributed by atoms with Gasteiger partial charge in [0.05, 0.1) is 5.69 Å². The summed E-state index contributed by atoms with van der Waals surface area (Å²) in [5.41, 5.74) is 1.53. The van der Waals surface area contributed by atoms with E-state index in [2.05, 4.69) is 10.3 Å². The molecule has 1 aromatic heterocycles. The first-order valence-electron chi connectivity index (χ1n) is 5.00. The Morgan fingerprint density at radius 1 is 1.26 bits per heavy atom. The van der Waals surface area contributed by atoms with Gasteiger partial charge in [0.2, 0.25) is 0 Å². The van der Waals surface area contributed by atoms with Gasteiger partial charge in [0.1, 0.15) is 0 Å². The fraction of sp³-hybridized carbons (Fsp3) is 0.750. The fourth-order valence-electron chi connectivity index (χ4n) is 1.63. The lowest BCUT2D eigenvalue weighted by Gasteiger charge is -2.29. The summed E-state index contributed by atoms with van der Waals surface area (Å²) in [6, 6.07) is -2.07. The van der Waals surface area contributed by atoms with Crippen LogP contribution in [-0.4, -0.2) is 33.4 Å². The molecule has 11 heteroatoms. The first-order valence-corrected chi connectivity index (χ1v) is 5.00. The molecule has 0 saturated heterocycles. The molecule has 1 unspecified atom stereocenters. The van der Waals surface area contributed by atoms with Gasteiger partial charge < -0.3 is 0 Å². The first kappa shape index (κ1) is 15.7. The van der Waals surface area contributed by atoms with E-state index in [0.29, 0.717) is 0 Å². The number of nitrogens with one attached hydrogen (secondary N) is 1. The van der Waals surface area contributed by atoms with Gasteiger partial charge in [-0.1, -0.05) is 5.21 Å². The molecule has 0 radical (unpaired) electrons. The van der Waals surface area contributed by atoms with Crippen molar-refractivity contribution in [2.45, 2.75) is 24.8 Å². The number of alkyl halides is 6. The molecule has 110 valence electrons. The molecule has 0 amide bonds. The van der Waals surface area contributed by atoms with E-state index in [4.69, 9.17) is 5.84 Å². The zero-order valence-electron chi connectivity index (χ0n) is 9.63. The van der Waals surface area contributed by atoms with Gasteiger partial charge in [0.25, 0.3) is 0 Å². The SMILES string of the molecule is Cn1cc(CC(NN)C(C(F)(F)F)C(F)(F)F)nn1. The van der Waals surface area contributed by atoms with Crippen LogP contribution in [0.3, 0.4) is 0 Å². The van der Waals surface area contributed by atoms with Crippen LogP contribution in [-0.2, 0) is 13.5 Å². The number of aryl methyl sites for hydroxylation is 1. The summed E-state index contributed by atoms with van der Waals surface area (Å²) in [6.45, 7) is 0. The van der Waals surface area contributed by atoms with Crippen LogP contribution in [0.4, 0.5) is 26.3 Å². The highest BCUT2D eigenvalue weighted by Crippen LogP contribution is 2.41. The molecule has 0 aromatic carbocycles. The highest BCUT2D eigenvalue weighted by atomic mass is 19.4. The van der Waals surface area contributed by atoms with Gasteiger partial charge in [-0.2, -0.15) is 26.3 Å². The third kappa shape index (κ3) is 4.06. The van der Waals surface area contributed by atoms with Crippen molar-refractivity contribution in [2.75, 3.05) is 0 Å². The van der Waals surface area contributed by atoms with Crippen LogP contribution in [0.15, 0.2) is 6.20 Å². The Morgan fingerprint density at radius 3 is 2.11 bits per heavy atom. The Bertz CT molecular complexity index is 396. The summed E-state index contributed by atoms with van der Waals surface area (Å²) in [6.07, 6.45) is -10.4. The number of hydrogen-bond acceptors (Lipinski definition) is 4. The minimum absolute atomic E-state index is 0.0241. The Hall–Kier alpha value is -1.36. The van der Waals surface area contributed by atoms with Crippen molar-refractivity contribution in [2.24, 2.45) is 18.8 Å². The van der Waals surface area contributed by atoms with Crippen molar-refractivity contribution in [1.82, 2.24) is 20.4 Å². The molecule has 3 N–H and O–H groups in total. The van der Waals surface area contributed by atoms with Crippen molar-refractivity contribution in [3.05, 3.63) is 11.9 Å². The van der Waals surface area contributed by atoms with Crippen molar-refractivity contribution < 1.29 is 26.3 Å². The van der Waals surface area contributed by atoms with E-state index in [9.17, 15) is 26.3 Å². The predicted molar refractivity (Wildman–Crippen MR) is 51.4 cm³/mol. The standard InChI is InChI=1S/C8H11F6N5/c1-19-3-4(17-18-19)2-5(16-15)6(7(9,10)11)8(12,13)14/h3,5-6,16H,2,15H2,1H3. The van der Waals surface area contributed by atoms with Gasteiger partial charge in [-0.3, -0.25) is 16.0 Å². The molecule has 19 heavy (non-hydrogen) atoms. The third-order valence-corrected chi connectivity index (χ3v) is 2.40. The lowest BCUT2D eigenvalue weighted by atomic mass is 9.95. The van der Waals surface area contributed by atoms with Crippen LogP contribution >= 0.6 is 0 Å². The average molecular weight is 291 g/mol. The van der Waals surface area contributed by atoms with Crippen LogP contribution in [0, 0.1) is 5.92 Å². The second kappa shape index (κ2) is 5.33. The molecule has 1 aromatic rings. The van der Waals surface area contributed by atoms with Gasteiger partial charge in [-0.25, -0.2) is 0 Å². The third-order valence-electron chi connectivity index (χ3n) is 2.40. The van der Waals surface area contributed by atoms with Gasteiger partial charge >= 0.3 is 12.4 Å². The second-order valence-electron chi connectivity index (χ2n) is 3.92. The highest BCUT2D eigenvalue weighted by molar-refractivity contribution is 4.99. The number of hydrogen-bond donors (Lipinski definition) is 2. The van der Waals surface area contributed by atoms with Crippen LogP contribution in [0.5, 0.6) is 0 Å². The molecule has 1 heterocycles. The van der Waals surface area contributed by atoms with Gasteiger partial charge in [-0.05, 0) is 0 Å². The van der Waals surface area contributed by atoms with E-state index in [1.807, 2.05) is 0 Å². The summed E-state index contributed by atoms with van der Waals surface area (Å²) < 4.78 is 76.2. The van der Waals surface area contributed by atoms with E-state index in [-0.39, 0.29) is 5.69 Å². The Labute approximate surface area is 103 Å². The van der Waals surface area contributed by atoms with Crippen LogP contribution in [0.2, 0.25) is 0 Å². The van der Waals surface area contributed by atoms with Crippen molar-refractivity contribution in [1.29, 1.82) is 0 Å². The lowest BCUT2D eigenvalue weighted by molar-refractivity contribution is -0.291. The Balaban J connectivity index is 2.97. The van der Waals surface area contributed by atoms with E-state index < -0.39 is 30.7 Å². The minimum Gasteiger partial charge on any atom is -0.271 e. The van der Waals surface area contributed by atoms with Crippen LogP contribution in [0.1, 0.15) is 5.69 Å². The van der Waals surface area contributed by atoms with Gasteiger partial charge in [0.15, 0.2) is 5.92 Å². The summed E-state index contributed by atoms with van der Waals surface area (Å²) in [5.74, 6) is 1.24. The fourth-order valence-corrected chi connectivity index (χ4v) is 1.63. The van der Waals surface area contributed by atoms with Crippen molar-refractivity contribution >= 4 is 0 Å². The monoisotopic (exact) mass is 291 g/mol. The Morgan fingerprint density at radius 2 is 1.79 bits per heavy atom. The van der Waals surface area contributed by atoms with E-state index in [1.54, 1.807) is 5.43 Å². The van der Waals surface area contributed by atoms with E-state index in [1.165, 1.54) is 17.9 Å². The molecular weight excluding hydrogens is 280 g/mol. The molecule has 0 spiro atoms. The van der Waals surface area contributed by atoms with Crippen molar-refractivity contribution in [3.63, 3.8) is 0 Å². The van der Waals surface area contributed by atoms with Gasteiger partial charge in [-0.15, -0.1) is 5.10 Å². The molecular formula is C8H11F6N5. The maximum Gasteiger partial charge on any atom is 0.402 e. The molecule has 0 bridgehead atoms. The largest absolute Gasteiger partial charge is 0.402 e. The number of aromatic nitrogens is 3. The number of halogens is 6. The normalized spacial score (nSPS) is 15.0. The topological polar surface area (TPSA) is 68.8 Å². The maximum atomic E-state index is 12.5. The lowest BCUT2D eigenvalue weighted by Crippen LogP contribution is -2.54. The van der Waals surface area contributed by atoms with Crippen LogP contribution in [0.25, 0.3) is 0 Å². The zero-order chi connectivity index (χ0) is 14.8. The molecule has 5 nitrogen and oxygen atoms in total. The number of nitrogens with two attached hydrogens (primary N) is 1.